The van der Waals surface area contributed by atoms with Crippen LogP contribution in [0.25, 0.3) is 0 Å². The summed E-state index contributed by atoms with van der Waals surface area (Å²) in [6, 6.07) is 0. The van der Waals surface area contributed by atoms with Gasteiger partial charge in [0.05, 0.1) is 19.8 Å². The van der Waals surface area contributed by atoms with E-state index in [1.54, 1.807) is 27.7 Å². The van der Waals surface area contributed by atoms with Crippen LogP contribution in [-0.4, -0.2) is 42.8 Å². The van der Waals surface area contributed by atoms with Gasteiger partial charge >= 0.3 is 5.97 Å². The van der Waals surface area contributed by atoms with Gasteiger partial charge in [-0.1, -0.05) is 13.8 Å². The monoisotopic (exact) mass is 232 g/mol. The van der Waals surface area contributed by atoms with E-state index in [9.17, 15) is 9.90 Å². The van der Waals surface area contributed by atoms with Crippen LogP contribution in [0.3, 0.4) is 0 Å². The lowest BCUT2D eigenvalue weighted by atomic mass is 9.81. The summed E-state index contributed by atoms with van der Waals surface area (Å²) < 4.78 is 15.6. The van der Waals surface area contributed by atoms with Gasteiger partial charge in [0, 0.05) is 5.41 Å². The zero-order chi connectivity index (χ0) is 12.6. The molecule has 1 fully saturated rings. The van der Waals surface area contributed by atoms with Gasteiger partial charge in [0.15, 0.2) is 11.9 Å². The Morgan fingerprint density at radius 1 is 1.56 bits per heavy atom. The molecule has 0 amide bonds. The Labute approximate surface area is 95.7 Å². The molecular weight excluding hydrogens is 212 g/mol. The average Bonchev–Trinajstić information content (AvgIpc) is 2.57. The lowest BCUT2D eigenvalue weighted by Gasteiger charge is -2.33. The second kappa shape index (κ2) is 4.31. The molecule has 0 aromatic heterocycles. The van der Waals surface area contributed by atoms with Crippen molar-refractivity contribution in [2.75, 3.05) is 13.7 Å². The first kappa shape index (κ1) is 13.4. The number of ether oxygens (including phenoxy) is 3. The second-order valence-electron chi connectivity index (χ2n) is 5.06. The van der Waals surface area contributed by atoms with Crippen LogP contribution in [0.4, 0.5) is 0 Å². The number of carbonyl (C=O) groups is 1. The SMILES string of the molecule is COC(=O)C(O)C(C)(C)C1COC(C)(C)O1. The van der Waals surface area contributed by atoms with E-state index in [1.807, 2.05) is 0 Å². The molecule has 0 radical (unpaired) electrons. The highest BCUT2D eigenvalue weighted by Gasteiger charge is 2.47. The van der Waals surface area contributed by atoms with Gasteiger partial charge in [-0.3, -0.25) is 0 Å². The molecule has 1 saturated heterocycles. The summed E-state index contributed by atoms with van der Waals surface area (Å²) in [5.41, 5.74) is -0.749. The molecule has 0 aliphatic carbocycles. The fraction of sp³-hybridized carbons (Fsp3) is 0.909. The maximum absolute atomic E-state index is 11.3. The van der Waals surface area contributed by atoms with E-state index in [2.05, 4.69) is 4.74 Å². The highest BCUT2D eigenvalue weighted by Crippen LogP contribution is 2.36. The fourth-order valence-corrected chi connectivity index (χ4v) is 1.65. The molecule has 1 rings (SSSR count). The summed E-state index contributed by atoms with van der Waals surface area (Å²) in [5.74, 6) is -1.32. The van der Waals surface area contributed by atoms with E-state index < -0.39 is 23.3 Å². The molecule has 0 saturated carbocycles. The number of aliphatic hydroxyl groups is 1. The number of esters is 1. The lowest BCUT2D eigenvalue weighted by Crippen LogP contribution is -2.47. The molecule has 2 unspecified atom stereocenters. The van der Waals surface area contributed by atoms with E-state index in [0.717, 1.165) is 0 Å². The van der Waals surface area contributed by atoms with Gasteiger partial charge in [0.1, 0.15) is 0 Å². The van der Waals surface area contributed by atoms with Crippen LogP contribution in [0, 0.1) is 5.41 Å². The summed E-state index contributed by atoms with van der Waals surface area (Å²) >= 11 is 0. The van der Waals surface area contributed by atoms with Gasteiger partial charge in [-0.2, -0.15) is 0 Å². The van der Waals surface area contributed by atoms with Gasteiger partial charge in [0.25, 0.3) is 0 Å². The Morgan fingerprint density at radius 2 is 2.12 bits per heavy atom. The second-order valence-corrected chi connectivity index (χ2v) is 5.06. The van der Waals surface area contributed by atoms with Crippen molar-refractivity contribution in [3.63, 3.8) is 0 Å². The normalized spacial score (nSPS) is 26.5. The van der Waals surface area contributed by atoms with Crippen LogP contribution in [0.15, 0.2) is 0 Å². The van der Waals surface area contributed by atoms with Crippen LogP contribution in [0.2, 0.25) is 0 Å². The molecule has 16 heavy (non-hydrogen) atoms. The van der Waals surface area contributed by atoms with Crippen LogP contribution in [0.5, 0.6) is 0 Å². The quantitative estimate of drug-likeness (QED) is 0.725. The smallest absolute Gasteiger partial charge is 0.335 e. The molecule has 0 spiro atoms. The van der Waals surface area contributed by atoms with E-state index >= 15 is 0 Å². The predicted octanol–water partition coefficient (Wildman–Crippen LogP) is 0.698. The van der Waals surface area contributed by atoms with Crippen LogP contribution >= 0.6 is 0 Å². The summed E-state index contributed by atoms with van der Waals surface area (Å²) in [6.07, 6.45) is -1.56. The minimum absolute atomic E-state index is 0.336. The number of hydrogen-bond donors (Lipinski definition) is 1. The summed E-state index contributed by atoms with van der Waals surface area (Å²) in [4.78, 5) is 11.3. The number of aliphatic hydroxyl groups excluding tert-OH is 1. The van der Waals surface area contributed by atoms with Crippen molar-refractivity contribution < 1.29 is 24.1 Å². The Hall–Kier alpha value is -0.650. The van der Waals surface area contributed by atoms with Crippen molar-refractivity contribution in [2.45, 2.75) is 45.7 Å². The largest absolute Gasteiger partial charge is 0.467 e. The molecule has 1 N–H and O–H groups in total. The van der Waals surface area contributed by atoms with Crippen molar-refractivity contribution >= 4 is 5.97 Å². The van der Waals surface area contributed by atoms with Gasteiger partial charge in [-0.15, -0.1) is 0 Å². The Morgan fingerprint density at radius 3 is 2.50 bits per heavy atom. The van der Waals surface area contributed by atoms with E-state index in [0.29, 0.717) is 6.61 Å². The first-order valence-electron chi connectivity index (χ1n) is 5.28. The molecule has 1 aliphatic rings. The number of methoxy groups -OCH3 is 1. The highest BCUT2D eigenvalue weighted by atomic mass is 16.7. The predicted molar refractivity (Wildman–Crippen MR) is 56.7 cm³/mol. The number of carbonyl (C=O) groups excluding carboxylic acids is 1. The lowest BCUT2D eigenvalue weighted by molar-refractivity contribution is -0.177. The van der Waals surface area contributed by atoms with Gasteiger partial charge in [-0.05, 0) is 13.8 Å². The maximum Gasteiger partial charge on any atom is 0.335 e. The zero-order valence-electron chi connectivity index (χ0n) is 10.4. The molecule has 1 heterocycles. The third-order valence-corrected chi connectivity index (χ3v) is 2.97. The summed E-state index contributed by atoms with van der Waals surface area (Å²) in [6.45, 7) is 7.46. The van der Waals surface area contributed by atoms with Gasteiger partial charge in [0.2, 0.25) is 0 Å². The molecule has 0 aromatic rings. The molecule has 1 aliphatic heterocycles. The van der Waals surface area contributed by atoms with E-state index in [-0.39, 0.29) is 6.10 Å². The van der Waals surface area contributed by atoms with E-state index in [4.69, 9.17) is 9.47 Å². The van der Waals surface area contributed by atoms with Crippen molar-refractivity contribution in [3.05, 3.63) is 0 Å². The standard InChI is InChI=1S/C11H20O5/c1-10(2,8(12)9(13)14-5)7-6-15-11(3,4)16-7/h7-8,12H,6H2,1-5H3. The van der Waals surface area contributed by atoms with Gasteiger partial charge < -0.3 is 19.3 Å². The minimum atomic E-state index is -1.22. The fourth-order valence-electron chi connectivity index (χ4n) is 1.65. The van der Waals surface area contributed by atoms with Crippen molar-refractivity contribution in [1.29, 1.82) is 0 Å². The Kier molecular flexibility index (Phi) is 3.62. The maximum atomic E-state index is 11.3. The highest BCUT2D eigenvalue weighted by molar-refractivity contribution is 5.75. The summed E-state index contributed by atoms with van der Waals surface area (Å²) in [5, 5.41) is 9.87. The topological polar surface area (TPSA) is 65.0 Å². The first-order chi connectivity index (χ1) is 7.20. The number of hydrogen-bond acceptors (Lipinski definition) is 5. The van der Waals surface area contributed by atoms with Crippen molar-refractivity contribution in [3.8, 4) is 0 Å². The zero-order valence-corrected chi connectivity index (χ0v) is 10.4. The van der Waals surface area contributed by atoms with Crippen LogP contribution in [-0.2, 0) is 19.0 Å². The molecule has 5 nitrogen and oxygen atoms in total. The Bertz CT molecular complexity index is 272. The van der Waals surface area contributed by atoms with Crippen LogP contribution < -0.4 is 0 Å². The summed E-state index contributed by atoms with van der Waals surface area (Å²) in [7, 11) is 1.25. The average molecular weight is 232 g/mol. The molecule has 2 atom stereocenters. The Balaban J connectivity index is 2.74. The molecular formula is C11H20O5. The van der Waals surface area contributed by atoms with Crippen molar-refractivity contribution in [2.24, 2.45) is 5.41 Å². The van der Waals surface area contributed by atoms with Crippen molar-refractivity contribution in [1.82, 2.24) is 0 Å². The van der Waals surface area contributed by atoms with Crippen LogP contribution in [0.1, 0.15) is 27.7 Å². The third-order valence-electron chi connectivity index (χ3n) is 2.97. The molecule has 5 heteroatoms. The van der Waals surface area contributed by atoms with E-state index in [1.165, 1.54) is 7.11 Å². The number of rotatable bonds is 3. The molecule has 0 aromatic carbocycles. The minimum Gasteiger partial charge on any atom is -0.467 e. The first-order valence-corrected chi connectivity index (χ1v) is 5.28. The van der Waals surface area contributed by atoms with Gasteiger partial charge in [-0.25, -0.2) is 4.79 Å². The third kappa shape index (κ3) is 2.53. The molecule has 94 valence electrons. The molecule has 0 bridgehead atoms.